The molecule has 11 nitrogen and oxygen atoms in total. The summed E-state index contributed by atoms with van der Waals surface area (Å²) in [5, 5.41) is 15.2. The van der Waals surface area contributed by atoms with Gasteiger partial charge >= 0.3 is 12.1 Å². The maximum atomic E-state index is 13.1. The first-order chi connectivity index (χ1) is 20.7. The normalized spacial score (nSPS) is 14.4. The van der Waals surface area contributed by atoms with Gasteiger partial charge in [-0.2, -0.15) is 11.3 Å². The van der Waals surface area contributed by atoms with Crippen molar-refractivity contribution in [3.8, 4) is 0 Å². The molecule has 43 heavy (non-hydrogen) atoms. The Bertz CT molecular complexity index is 1340. The van der Waals surface area contributed by atoms with E-state index in [1.54, 1.807) is 57.3 Å². The topological polar surface area (TPSA) is 134 Å². The minimum atomic E-state index is -0.659. The monoisotopic (exact) mass is 608 g/mol. The Morgan fingerprint density at radius 1 is 1.00 bits per heavy atom. The van der Waals surface area contributed by atoms with E-state index in [1.807, 2.05) is 22.9 Å². The number of hydrogen-bond acceptors (Lipinski definition) is 8. The Morgan fingerprint density at radius 2 is 1.74 bits per heavy atom. The lowest BCUT2D eigenvalue weighted by Crippen LogP contribution is -2.37. The van der Waals surface area contributed by atoms with Gasteiger partial charge in [0.15, 0.2) is 0 Å². The van der Waals surface area contributed by atoms with E-state index in [0.717, 1.165) is 63.4 Å². The van der Waals surface area contributed by atoms with E-state index >= 15 is 0 Å². The molecule has 1 fully saturated rings. The minimum absolute atomic E-state index is 0.199. The van der Waals surface area contributed by atoms with E-state index in [-0.39, 0.29) is 17.8 Å². The van der Waals surface area contributed by atoms with Gasteiger partial charge in [-0.1, -0.05) is 18.2 Å². The van der Waals surface area contributed by atoms with Crippen LogP contribution in [0.15, 0.2) is 59.4 Å². The van der Waals surface area contributed by atoms with Crippen molar-refractivity contribution in [2.45, 2.75) is 51.7 Å². The Labute approximate surface area is 256 Å². The SMILES string of the molecule is CC(C)(C)OC(=O)Nc1ccccc1NC(=O)c1ccc(C(CCCCN2CCOCC2)NC(=O)Nc2ccsc2)cn1. The van der Waals surface area contributed by atoms with Gasteiger partial charge in [-0.3, -0.25) is 20.0 Å². The van der Waals surface area contributed by atoms with E-state index in [4.69, 9.17) is 9.47 Å². The molecule has 0 bridgehead atoms. The average molecular weight is 609 g/mol. The number of carbonyl (C=O) groups excluding carboxylic acids is 3. The van der Waals surface area contributed by atoms with Gasteiger partial charge in [0, 0.05) is 24.7 Å². The molecule has 230 valence electrons. The van der Waals surface area contributed by atoms with Gasteiger partial charge < -0.3 is 25.4 Å². The maximum Gasteiger partial charge on any atom is 0.412 e. The molecule has 12 heteroatoms. The molecule has 1 aromatic carbocycles. The maximum absolute atomic E-state index is 13.1. The lowest BCUT2D eigenvalue weighted by Gasteiger charge is -2.26. The Kier molecular flexibility index (Phi) is 11.5. The third-order valence-corrected chi connectivity index (χ3v) is 7.32. The van der Waals surface area contributed by atoms with Crippen molar-refractivity contribution in [2.24, 2.45) is 0 Å². The number of unbranched alkanes of at least 4 members (excludes halogenated alkanes) is 1. The van der Waals surface area contributed by atoms with E-state index in [1.165, 1.54) is 11.3 Å². The number of carbonyl (C=O) groups is 3. The van der Waals surface area contributed by atoms with Crippen molar-refractivity contribution in [3.05, 3.63) is 70.7 Å². The highest BCUT2D eigenvalue weighted by Crippen LogP contribution is 2.24. The number of ether oxygens (including phenoxy) is 2. The fourth-order valence-corrected chi connectivity index (χ4v) is 5.13. The van der Waals surface area contributed by atoms with Crippen LogP contribution in [-0.2, 0) is 9.47 Å². The number of pyridine rings is 1. The van der Waals surface area contributed by atoms with Crippen LogP contribution in [0.5, 0.6) is 0 Å². The summed E-state index contributed by atoms with van der Waals surface area (Å²) in [5.41, 5.74) is 1.89. The molecule has 1 aliphatic heterocycles. The molecule has 0 saturated carbocycles. The number of nitrogens with one attached hydrogen (secondary N) is 4. The molecular weight excluding hydrogens is 568 g/mol. The lowest BCUT2D eigenvalue weighted by atomic mass is 10.0. The standard InChI is InChI=1S/C31H40N6O5S/c1-31(2,3)42-30(40)36-26-10-5-4-9-25(26)34-28(38)27-12-11-22(20-32-27)24(35-29(39)33-23-13-19-43-21-23)8-6-7-14-37-15-17-41-18-16-37/h4-5,9-13,19-21,24H,6-8,14-18H2,1-3H3,(H,34,38)(H,36,40)(H2,33,35,39). The van der Waals surface area contributed by atoms with Gasteiger partial charge in [0.1, 0.15) is 11.3 Å². The number of thiophene rings is 1. The van der Waals surface area contributed by atoms with Gasteiger partial charge in [0.2, 0.25) is 0 Å². The van der Waals surface area contributed by atoms with Crippen molar-refractivity contribution in [3.63, 3.8) is 0 Å². The van der Waals surface area contributed by atoms with Gasteiger partial charge in [0.05, 0.1) is 36.3 Å². The number of rotatable bonds is 11. The highest BCUT2D eigenvalue weighted by Gasteiger charge is 2.20. The van der Waals surface area contributed by atoms with Crippen LogP contribution in [-0.4, -0.2) is 66.4 Å². The van der Waals surface area contributed by atoms with Gasteiger partial charge in [-0.05, 0) is 81.8 Å². The molecule has 1 saturated heterocycles. The molecule has 1 unspecified atom stereocenters. The number of benzene rings is 1. The first kappa shape index (κ1) is 31.9. The van der Waals surface area contributed by atoms with Crippen molar-refractivity contribution in [1.29, 1.82) is 0 Å². The summed E-state index contributed by atoms with van der Waals surface area (Å²) < 4.78 is 10.8. The molecule has 4 N–H and O–H groups in total. The summed E-state index contributed by atoms with van der Waals surface area (Å²) in [7, 11) is 0. The fraction of sp³-hybridized carbons (Fsp3) is 0.419. The molecule has 0 aliphatic carbocycles. The second-order valence-corrected chi connectivity index (χ2v) is 12.0. The molecular formula is C31H40N6O5S. The Balaban J connectivity index is 1.39. The lowest BCUT2D eigenvalue weighted by molar-refractivity contribution is 0.0370. The van der Waals surface area contributed by atoms with Crippen molar-refractivity contribution in [2.75, 3.05) is 48.8 Å². The van der Waals surface area contributed by atoms with Crippen LogP contribution >= 0.6 is 11.3 Å². The number of aromatic nitrogens is 1. The number of para-hydroxylation sites is 2. The second-order valence-electron chi connectivity index (χ2n) is 11.2. The van der Waals surface area contributed by atoms with E-state index in [9.17, 15) is 14.4 Å². The fourth-order valence-electron chi connectivity index (χ4n) is 4.54. The molecule has 1 atom stereocenters. The van der Waals surface area contributed by atoms with Crippen molar-refractivity contribution in [1.82, 2.24) is 15.2 Å². The number of amides is 4. The first-order valence-corrected chi connectivity index (χ1v) is 15.4. The van der Waals surface area contributed by atoms with Crippen molar-refractivity contribution < 1.29 is 23.9 Å². The van der Waals surface area contributed by atoms with Crippen LogP contribution in [0.1, 0.15) is 62.1 Å². The molecule has 1 aliphatic rings. The van der Waals surface area contributed by atoms with Gasteiger partial charge in [0.25, 0.3) is 5.91 Å². The smallest absolute Gasteiger partial charge is 0.412 e. The number of hydrogen-bond donors (Lipinski definition) is 4. The van der Waals surface area contributed by atoms with E-state index in [2.05, 4.69) is 31.2 Å². The molecule has 0 spiro atoms. The minimum Gasteiger partial charge on any atom is -0.444 e. The third kappa shape index (κ3) is 10.7. The zero-order valence-electron chi connectivity index (χ0n) is 24.9. The van der Waals surface area contributed by atoms with Crippen LogP contribution in [0.4, 0.5) is 26.7 Å². The van der Waals surface area contributed by atoms with Crippen molar-refractivity contribution >= 4 is 46.4 Å². The highest BCUT2D eigenvalue weighted by molar-refractivity contribution is 7.08. The zero-order chi connectivity index (χ0) is 30.7. The van der Waals surface area contributed by atoms with Crippen LogP contribution in [0.2, 0.25) is 0 Å². The Morgan fingerprint density at radius 3 is 2.40 bits per heavy atom. The molecule has 0 radical (unpaired) electrons. The number of anilines is 3. The molecule has 2 aromatic heterocycles. The average Bonchev–Trinajstić information content (AvgIpc) is 3.48. The van der Waals surface area contributed by atoms with Crippen LogP contribution in [0.3, 0.4) is 0 Å². The number of nitrogens with zero attached hydrogens (tertiary/aromatic N) is 2. The summed E-state index contributed by atoms with van der Waals surface area (Å²) in [6.45, 7) is 9.73. The predicted molar refractivity (Wildman–Crippen MR) is 169 cm³/mol. The first-order valence-electron chi connectivity index (χ1n) is 14.4. The summed E-state index contributed by atoms with van der Waals surface area (Å²) >= 11 is 1.51. The quantitative estimate of drug-likeness (QED) is 0.193. The highest BCUT2D eigenvalue weighted by atomic mass is 32.1. The second kappa shape index (κ2) is 15.5. The zero-order valence-corrected chi connectivity index (χ0v) is 25.7. The summed E-state index contributed by atoms with van der Waals surface area (Å²) in [6.07, 6.45) is 3.62. The predicted octanol–water partition coefficient (Wildman–Crippen LogP) is 6.11. The summed E-state index contributed by atoms with van der Waals surface area (Å²) in [4.78, 5) is 44.9. The van der Waals surface area contributed by atoms with Crippen LogP contribution in [0.25, 0.3) is 0 Å². The third-order valence-electron chi connectivity index (χ3n) is 6.64. The van der Waals surface area contributed by atoms with Gasteiger partial charge in [-0.15, -0.1) is 0 Å². The summed E-state index contributed by atoms with van der Waals surface area (Å²) in [5.74, 6) is -0.435. The van der Waals surface area contributed by atoms with E-state index in [0.29, 0.717) is 11.4 Å². The molecule has 3 heterocycles. The number of urea groups is 1. The Hall–Kier alpha value is -4.00. The number of morpholine rings is 1. The molecule has 4 rings (SSSR count). The van der Waals surface area contributed by atoms with Crippen LogP contribution < -0.4 is 21.3 Å². The molecule has 4 amide bonds. The molecule has 3 aromatic rings. The van der Waals surface area contributed by atoms with Crippen LogP contribution in [0, 0.1) is 0 Å². The van der Waals surface area contributed by atoms with Gasteiger partial charge in [-0.25, -0.2) is 9.59 Å². The summed E-state index contributed by atoms with van der Waals surface area (Å²) in [6, 6.07) is 11.6. The van der Waals surface area contributed by atoms with E-state index < -0.39 is 17.6 Å². The largest absolute Gasteiger partial charge is 0.444 e.